The molecule has 2 aromatic rings. The van der Waals surface area contributed by atoms with Crippen LogP contribution in [0.15, 0.2) is 24.4 Å². The number of hydrogen-bond donors (Lipinski definition) is 2. The number of aromatic nitrogens is 1. The minimum atomic E-state index is -0.693. The summed E-state index contributed by atoms with van der Waals surface area (Å²) < 4.78 is 14.9. The molecule has 0 aliphatic heterocycles. The smallest absolute Gasteiger partial charge is 0.258 e. The molecule has 0 bridgehead atoms. The Balaban J connectivity index is 1.95. The summed E-state index contributed by atoms with van der Waals surface area (Å²) in [6.07, 6.45) is 3.98. The first-order valence-corrected chi connectivity index (χ1v) is 8.45. The van der Waals surface area contributed by atoms with E-state index >= 15 is 0 Å². The minimum absolute atomic E-state index is 0.0896. The second kappa shape index (κ2) is 6.88. The zero-order chi connectivity index (χ0) is 18.1. The number of nitrogens with zero attached hydrogens (tertiary/aromatic N) is 2. The van der Waals surface area contributed by atoms with Crippen molar-refractivity contribution in [3.05, 3.63) is 40.8 Å². The van der Waals surface area contributed by atoms with Crippen LogP contribution in [-0.2, 0) is 0 Å². The van der Waals surface area contributed by atoms with E-state index in [1.807, 2.05) is 0 Å². The molecule has 1 amide bonds. The lowest BCUT2D eigenvalue weighted by atomic mass is 10.0. The van der Waals surface area contributed by atoms with Crippen molar-refractivity contribution in [2.75, 3.05) is 31.7 Å². The van der Waals surface area contributed by atoms with E-state index in [-0.39, 0.29) is 16.8 Å². The molecule has 1 aromatic heterocycles. The van der Waals surface area contributed by atoms with Gasteiger partial charge in [-0.2, -0.15) is 0 Å². The van der Waals surface area contributed by atoms with Gasteiger partial charge in [0.2, 0.25) is 0 Å². The fraction of sp³-hybridized carbons (Fsp3) is 0.333. The van der Waals surface area contributed by atoms with Gasteiger partial charge >= 0.3 is 0 Å². The maximum Gasteiger partial charge on any atom is 0.258 e. The largest absolute Gasteiger partial charge is 0.398 e. The van der Waals surface area contributed by atoms with Gasteiger partial charge in [0, 0.05) is 43.7 Å². The number of hydrogen-bond acceptors (Lipinski definition) is 4. The van der Waals surface area contributed by atoms with Crippen molar-refractivity contribution in [1.29, 1.82) is 0 Å². The van der Waals surface area contributed by atoms with Gasteiger partial charge in [-0.25, -0.2) is 9.37 Å². The molecule has 3 rings (SSSR count). The van der Waals surface area contributed by atoms with E-state index in [0.717, 1.165) is 6.54 Å². The Hall–Kier alpha value is -2.34. The van der Waals surface area contributed by atoms with Gasteiger partial charge in [-0.3, -0.25) is 4.79 Å². The first-order chi connectivity index (χ1) is 11.9. The Labute approximate surface area is 151 Å². The summed E-state index contributed by atoms with van der Waals surface area (Å²) in [5.74, 6) is 0.167. The van der Waals surface area contributed by atoms with Gasteiger partial charge < -0.3 is 16.0 Å². The molecule has 1 saturated carbocycles. The molecule has 0 atom stereocenters. The molecule has 1 heterocycles. The van der Waals surface area contributed by atoms with Crippen molar-refractivity contribution in [1.82, 2.24) is 9.88 Å². The predicted octanol–water partition coefficient (Wildman–Crippen LogP) is 3.65. The fourth-order valence-electron chi connectivity index (χ4n) is 2.54. The first kappa shape index (κ1) is 17.5. The number of nitrogens with two attached hydrogens (primary N) is 1. The van der Waals surface area contributed by atoms with Crippen molar-refractivity contribution in [3.63, 3.8) is 0 Å². The number of nitrogens with one attached hydrogen (secondary N) is 1. The normalized spacial score (nSPS) is 13.6. The van der Waals surface area contributed by atoms with Crippen LogP contribution in [0.25, 0.3) is 11.1 Å². The Kier molecular flexibility index (Phi) is 4.81. The molecule has 0 saturated heterocycles. The average Bonchev–Trinajstić information content (AvgIpc) is 3.38. The molecule has 132 valence electrons. The maximum atomic E-state index is 14.9. The topological polar surface area (TPSA) is 71.2 Å². The number of amides is 1. The monoisotopic (exact) mass is 362 g/mol. The Morgan fingerprint density at radius 3 is 2.72 bits per heavy atom. The zero-order valence-electron chi connectivity index (χ0n) is 14.1. The van der Waals surface area contributed by atoms with Gasteiger partial charge in [-0.1, -0.05) is 11.6 Å². The molecule has 1 fully saturated rings. The quantitative estimate of drug-likeness (QED) is 0.796. The third-order valence-electron chi connectivity index (χ3n) is 4.21. The molecule has 0 unspecified atom stereocenters. The van der Waals surface area contributed by atoms with Crippen molar-refractivity contribution >= 4 is 29.0 Å². The van der Waals surface area contributed by atoms with E-state index in [9.17, 15) is 9.18 Å². The lowest BCUT2D eigenvalue weighted by molar-refractivity contribution is 0.0824. The fourth-order valence-corrected chi connectivity index (χ4v) is 2.79. The van der Waals surface area contributed by atoms with Crippen LogP contribution < -0.4 is 11.1 Å². The summed E-state index contributed by atoms with van der Waals surface area (Å²) in [4.78, 5) is 17.8. The second-order valence-electron chi connectivity index (χ2n) is 6.46. The number of carbonyl (C=O) groups is 1. The van der Waals surface area contributed by atoms with Gasteiger partial charge in [-0.05, 0) is 37.0 Å². The summed E-state index contributed by atoms with van der Waals surface area (Å²) in [5.41, 5.74) is 6.35. The van der Waals surface area contributed by atoms with Crippen LogP contribution in [0, 0.1) is 11.7 Å². The van der Waals surface area contributed by atoms with E-state index in [4.69, 9.17) is 17.3 Å². The molecular formula is C18H20ClFN4O. The number of halogens is 2. The highest BCUT2D eigenvalue weighted by molar-refractivity contribution is 6.33. The molecular weight excluding hydrogens is 343 g/mol. The van der Waals surface area contributed by atoms with Crippen LogP contribution in [0.3, 0.4) is 0 Å². The van der Waals surface area contributed by atoms with E-state index < -0.39 is 11.7 Å². The molecule has 1 aliphatic carbocycles. The van der Waals surface area contributed by atoms with Crippen molar-refractivity contribution in [2.45, 2.75) is 12.8 Å². The number of carbonyl (C=O) groups excluding carboxylic acids is 1. The lowest BCUT2D eigenvalue weighted by Gasteiger charge is -2.16. The van der Waals surface area contributed by atoms with Crippen LogP contribution in [0.4, 0.5) is 15.9 Å². The predicted molar refractivity (Wildman–Crippen MR) is 98.3 cm³/mol. The van der Waals surface area contributed by atoms with Crippen LogP contribution in [0.2, 0.25) is 5.02 Å². The number of anilines is 2. The maximum absolute atomic E-state index is 14.9. The number of nitrogen functional groups attached to an aromatic ring is 1. The highest BCUT2D eigenvalue weighted by atomic mass is 35.5. The number of benzene rings is 1. The first-order valence-electron chi connectivity index (χ1n) is 8.08. The summed E-state index contributed by atoms with van der Waals surface area (Å²) >= 11 is 6.33. The van der Waals surface area contributed by atoms with Gasteiger partial charge in [0.15, 0.2) is 0 Å². The van der Waals surface area contributed by atoms with E-state index in [1.54, 1.807) is 20.2 Å². The van der Waals surface area contributed by atoms with E-state index in [2.05, 4.69) is 10.3 Å². The van der Waals surface area contributed by atoms with E-state index in [1.165, 1.54) is 36.1 Å². The van der Waals surface area contributed by atoms with Gasteiger partial charge in [-0.15, -0.1) is 0 Å². The van der Waals surface area contributed by atoms with Gasteiger partial charge in [0.1, 0.15) is 11.6 Å². The highest BCUT2D eigenvalue weighted by Crippen LogP contribution is 2.34. The van der Waals surface area contributed by atoms with Crippen molar-refractivity contribution in [2.24, 2.45) is 5.92 Å². The van der Waals surface area contributed by atoms with Crippen LogP contribution >= 0.6 is 11.6 Å². The Morgan fingerprint density at radius 1 is 1.40 bits per heavy atom. The Morgan fingerprint density at radius 2 is 2.12 bits per heavy atom. The minimum Gasteiger partial charge on any atom is -0.398 e. The average molecular weight is 363 g/mol. The molecule has 1 aliphatic rings. The van der Waals surface area contributed by atoms with Crippen LogP contribution in [-0.4, -0.2) is 36.4 Å². The third kappa shape index (κ3) is 3.69. The lowest BCUT2D eigenvalue weighted by Crippen LogP contribution is -2.24. The molecule has 7 heteroatoms. The van der Waals surface area contributed by atoms with E-state index in [0.29, 0.717) is 22.3 Å². The third-order valence-corrected chi connectivity index (χ3v) is 4.52. The van der Waals surface area contributed by atoms with Gasteiger partial charge in [0.25, 0.3) is 5.91 Å². The molecule has 5 nitrogen and oxygen atoms in total. The molecule has 25 heavy (non-hydrogen) atoms. The van der Waals surface area contributed by atoms with Crippen LogP contribution in [0.1, 0.15) is 23.2 Å². The SMILES string of the molecule is CN(C)C(=O)c1c(N)ccc(-c2cnc(NCC3CC3)cc2Cl)c1F. The Bertz CT molecular complexity index is 821. The summed E-state index contributed by atoms with van der Waals surface area (Å²) in [5, 5.41) is 3.59. The number of pyridine rings is 1. The summed E-state index contributed by atoms with van der Waals surface area (Å²) in [6.45, 7) is 0.861. The molecule has 3 N–H and O–H groups in total. The highest BCUT2D eigenvalue weighted by Gasteiger charge is 2.23. The van der Waals surface area contributed by atoms with Crippen LogP contribution in [0.5, 0.6) is 0 Å². The standard InChI is InChI=1S/C18H20ClFN4O/c1-24(2)18(25)16-14(21)6-5-11(17(16)20)12-9-23-15(7-13(12)19)22-8-10-3-4-10/h5-7,9-10H,3-4,8,21H2,1-2H3,(H,22,23). The molecule has 1 aromatic carbocycles. The second-order valence-corrected chi connectivity index (χ2v) is 6.87. The number of rotatable bonds is 5. The summed E-state index contributed by atoms with van der Waals surface area (Å²) in [7, 11) is 3.09. The molecule has 0 radical (unpaired) electrons. The van der Waals surface area contributed by atoms with Gasteiger partial charge in [0.05, 0.1) is 10.6 Å². The zero-order valence-corrected chi connectivity index (χ0v) is 14.9. The van der Waals surface area contributed by atoms with Crippen molar-refractivity contribution < 1.29 is 9.18 Å². The van der Waals surface area contributed by atoms with Crippen molar-refractivity contribution in [3.8, 4) is 11.1 Å². The summed E-state index contributed by atoms with van der Waals surface area (Å²) in [6, 6.07) is 4.69. The molecule has 0 spiro atoms.